The van der Waals surface area contributed by atoms with Crippen molar-refractivity contribution in [3.05, 3.63) is 35.6 Å². The highest BCUT2D eigenvalue weighted by Gasteiger charge is 2.25. The minimum Gasteiger partial charge on any atom is -0.310 e. The molecular formula is C14H20FN. The zero-order valence-electron chi connectivity index (χ0n) is 9.88. The highest BCUT2D eigenvalue weighted by Crippen LogP contribution is 2.37. The van der Waals surface area contributed by atoms with E-state index in [9.17, 15) is 4.39 Å². The molecule has 2 heteroatoms. The first kappa shape index (κ1) is 11.6. The van der Waals surface area contributed by atoms with Crippen LogP contribution in [-0.4, -0.2) is 6.54 Å². The third-order valence-electron chi connectivity index (χ3n) is 3.18. The number of hydrogen-bond donors (Lipinski definition) is 1. The maximum Gasteiger partial charge on any atom is 0.123 e. The molecule has 1 nitrogen and oxygen atoms in total. The van der Waals surface area contributed by atoms with E-state index >= 15 is 0 Å². The lowest BCUT2D eigenvalue weighted by Crippen LogP contribution is -2.22. The summed E-state index contributed by atoms with van der Waals surface area (Å²) in [5.74, 6) is 0.740. The number of rotatable bonds is 6. The SMILES string of the molecule is CCCNC(CC1CC1)c1ccc(F)cc1. The van der Waals surface area contributed by atoms with E-state index in [1.807, 2.05) is 12.1 Å². The summed E-state index contributed by atoms with van der Waals surface area (Å²) in [6.07, 6.45) is 5.07. The minimum absolute atomic E-state index is 0.149. The molecule has 1 saturated carbocycles. The van der Waals surface area contributed by atoms with E-state index in [2.05, 4.69) is 12.2 Å². The lowest BCUT2D eigenvalue weighted by atomic mass is 10.0. The predicted molar refractivity (Wildman–Crippen MR) is 64.8 cm³/mol. The molecule has 1 aliphatic carbocycles. The quantitative estimate of drug-likeness (QED) is 0.773. The van der Waals surface area contributed by atoms with Gasteiger partial charge in [-0.05, 0) is 43.0 Å². The van der Waals surface area contributed by atoms with Crippen molar-refractivity contribution in [1.82, 2.24) is 5.32 Å². The van der Waals surface area contributed by atoms with Gasteiger partial charge < -0.3 is 5.32 Å². The van der Waals surface area contributed by atoms with Crippen molar-refractivity contribution < 1.29 is 4.39 Å². The summed E-state index contributed by atoms with van der Waals surface area (Å²) in [7, 11) is 0. The first-order chi connectivity index (χ1) is 7.79. The Morgan fingerprint density at radius 3 is 2.56 bits per heavy atom. The summed E-state index contributed by atoms with van der Waals surface area (Å²) < 4.78 is 12.9. The summed E-state index contributed by atoms with van der Waals surface area (Å²) in [5, 5.41) is 3.55. The third-order valence-corrected chi connectivity index (χ3v) is 3.18. The van der Waals surface area contributed by atoms with Crippen LogP contribution in [0.3, 0.4) is 0 Å². The molecule has 0 heterocycles. The van der Waals surface area contributed by atoms with Crippen molar-refractivity contribution in [2.24, 2.45) is 5.92 Å². The highest BCUT2D eigenvalue weighted by molar-refractivity contribution is 5.20. The molecule has 1 fully saturated rings. The van der Waals surface area contributed by atoms with Crippen LogP contribution in [0.15, 0.2) is 24.3 Å². The Labute approximate surface area is 97.1 Å². The van der Waals surface area contributed by atoms with E-state index < -0.39 is 0 Å². The molecule has 1 aromatic carbocycles. The van der Waals surface area contributed by atoms with Gasteiger partial charge in [-0.15, -0.1) is 0 Å². The van der Waals surface area contributed by atoms with Gasteiger partial charge in [0, 0.05) is 6.04 Å². The molecule has 0 bridgehead atoms. The number of halogens is 1. The molecule has 0 spiro atoms. The smallest absolute Gasteiger partial charge is 0.123 e. The normalized spacial score (nSPS) is 17.4. The second kappa shape index (κ2) is 5.44. The van der Waals surface area contributed by atoms with Crippen molar-refractivity contribution >= 4 is 0 Å². The van der Waals surface area contributed by atoms with Crippen molar-refractivity contribution in [3.8, 4) is 0 Å². The van der Waals surface area contributed by atoms with Crippen LogP contribution in [0.2, 0.25) is 0 Å². The number of hydrogen-bond acceptors (Lipinski definition) is 1. The van der Waals surface area contributed by atoms with Crippen LogP contribution in [-0.2, 0) is 0 Å². The van der Waals surface area contributed by atoms with Gasteiger partial charge in [0.1, 0.15) is 5.82 Å². The highest BCUT2D eigenvalue weighted by atomic mass is 19.1. The van der Waals surface area contributed by atoms with E-state index in [1.54, 1.807) is 12.1 Å². The van der Waals surface area contributed by atoms with Gasteiger partial charge >= 0.3 is 0 Å². The van der Waals surface area contributed by atoms with E-state index in [1.165, 1.54) is 24.8 Å². The Balaban J connectivity index is 2.00. The van der Waals surface area contributed by atoms with E-state index in [0.717, 1.165) is 18.9 Å². The Morgan fingerprint density at radius 1 is 1.31 bits per heavy atom. The van der Waals surface area contributed by atoms with Gasteiger partial charge in [0.05, 0.1) is 0 Å². The van der Waals surface area contributed by atoms with Crippen LogP contribution in [0, 0.1) is 11.7 Å². The van der Waals surface area contributed by atoms with Crippen LogP contribution in [0.25, 0.3) is 0 Å². The second-order valence-corrected chi connectivity index (χ2v) is 4.74. The van der Waals surface area contributed by atoms with Gasteiger partial charge in [-0.1, -0.05) is 31.9 Å². The van der Waals surface area contributed by atoms with Crippen molar-refractivity contribution in [1.29, 1.82) is 0 Å². The molecule has 0 saturated heterocycles. The fourth-order valence-electron chi connectivity index (χ4n) is 2.04. The molecule has 2 rings (SSSR count). The molecule has 16 heavy (non-hydrogen) atoms. The molecule has 1 N–H and O–H groups in total. The number of benzene rings is 1. The van der Waals surface area contributed by atoms with Crippen LogP contribution in [0.5, 0.6) is 0 Å². The Bertz CT molecular complexity index is 316. The largest absolute Gasteiger partial charge is 0.310 e. The Kier molecular flexibility index (Phi) is 3.94. The summed E-state index contributed by atoms with van der Waals surface area (Å²) >= 11 is 0. The van der Waals surface area contributed by atoms with Gasteiger partial charge in [0.2, 0.25) is 0 Å². The molecule has 1 aromatic rings. The van der Waals surface area contributed by atoms with E-state index in [0.29, 0.717) is 6.04 Å². The van der Waals surface area contributed by atoms with E-state index in [4.69, 9.17) is 0 Å². The molecular weight excluding hydrogens is 201 g/mol. The second-order valence-electron chi connectivity index (χ2n) is 4.74. The molecule has 1 aliphatic rings. The molecule has 0 aliphatic heterocycles. The van der Waals surface area contributed by atoms with Gasteiger partial charge in [0.25, 0.3) is 0 Å². The maximum absolute atomic E-state index is 12.9. The molecule has 1 unspecified atom stereocenters. The van der Waals surface area contributed by atoms with Crippen LogP contribution >= 0.6 is 0 Å². The predicted octanol–water partition coefficient (Wildman–Crippen LogP) is 3.67. The monoisotopic (exact) mass is 221 g/mol. The van der Waals surface area contributed by atoms with Gasteiger partial charge in [0.15, 0.2) is 0 Å². The molecule has 0 radical (unpaired) electrons. The Morgan fingerprint density at radius 2 is 2.00 bits per heavy atom. The third kappa shape index (κ3) is 3.31. The van der Waals surface area contributed by atoms with Crippen molar-refractivity contribution in [2.75, 3.05) is 6.54 Å². The standard InChI is InChI=1S/C14H20FN/c1-2-9-16-14(10-11-3-4-11)12-5-7-13(15)8-6-12/h5-8,11,14,16H,2-4,9-10H2,1H3. The fourth-order valence-corrected chi connectivity index (χ4v) is 2.04. The first-order valence-electron chi connectivity index (χ1n) is 6.28. The fraction of sp³-hybridized carbons (Fsp3) is 0.571. The number of nitrogens with one attached hydrogen (secondary N) is 1. The van der Waals surface area contributed by atoms with E-state index in [-0.39, 0.29) is 5.82 Å². The molecule has 0 aromatic heterocycles. The lowest BCUT2D eigenvalue weighted by molar-refractivity contribution is 0.473. The minimum atomic E-state index is -0.149. The zero-order valence-corrected chi connectivity index (χ0v) is 9.88. The van der Waals surface area contributed by atoms with Crippen LogP contribution in [0.4, 0.5) is 4.39 Å². The van der Waals surface area contributed by atoms with Crippen LogP contribution in [0.1, 0.15) is 44.2 Å². The summed E-state index contributed by atoms with van der Waals surface area (Å²) in [6, 6.07) is 7.34. The van der Waals surface area contributed by atoms with Crippen LogP contribution < -0.4 is 5.32 Å². The van der Waals surface area contributed by atoms with Gasteiger partial charge in [-0.3, -0.25) is 0 Å². The average molecular weight is 221 g/mol. The van der Waals surface area contributed by atoms with Crippen molar-refractivity contribution in [2.45, 2.75) is 38.6 Å². The summed E-state index contributed by atoms with van der Waals surface area (Å²) in [4.78, 5) is 0. The maximum atomic E-state index is 12.9. The molecule has 0 amide bonds. The lowest BCUT2D eigenvalue weighted by Gasteiger charge is -2.18. The zero-order chi connectivity index (χ0) is 11.4. The summed E-state index contributed by atoms with van der Waals surface area (Å²) in [6.45, 7) is 3.21. The Hall–Kier alpha value is -0.890. The van der Waals surface area contributed by atoms with Crippen molar-refractivity contribution in [3.63, 3.8) is 0 Å². The topological polar surface area (TPSA) is 12.0 Å². The summed E-state index contributed by atoms with van der Waals surface area (Å²) in [5.41, 5.74) is 1.22. The average Bonchev–Trinajstić information content (AvgIpc) is 3.09. The van der Waals surface area contributed by atoms with Gasteiger partial charge in [-0.2, -0.15) is 0 Å². The first-order valence-corrected chi connectivity index (χ1v) is 6.28. The molecule has 88 valence electrons. The molecule has 1 atom stereocenters. The van der Waals surface area contributed by atoms with Gasteiger partial charge in [-0.25, -0.2) is 4.39 Å².